The molecule has 0 fully saturated rings. The molecule has 1 aromatic heterocycles. The summed E-state index contributed by atoms with van der Waals surface area (Å²) in [6.07, 6.45) is 4.16. The number of aryl methyl sites for hydroxylation is 1. The van der Waals surface area contributed by atoms with Gasteiger partial charge in [0.25, 0.3) is 0 Å². The number of hydrogen-bond donors (Lipinski definition) is 1. The number of nitrogens with zero attached hydrogens (tertiary/aromatic N) is 3. The molecule has 0 aliphatic carbocycles. The predicted octanol–water partition coefficient (Wildman–Crippen LogP) is 3.45. The van der Waals surface area contributed by atoms with Gasteiger partial charge in [0.1, 0.15) is 12.3 Å². The Labute approximate surface area is 163 Å². The van der Waals surface area contributed by atoms with E-state index in [1.165, 1.54) is 0 Å². The molecular formula is C20H36N4O3. The highest BCUT2D eigenvalue weighted by Crippen LogP contribution is 2.13. The van der Waals surface area contributed by atoms with Crippen LogP contribution < -0.4 is 5.32 Å². The van der Waals surface area contributed by atoms with Gasteiger partial charge in [0, 0.05) is 18.5 Å². The van der Waals surface area contributed by atoms with Crippen LogP contribution in [0, 0.1) is 6.92 Å². The van der Waals surface area contributed by atoms with Gasteiger partial charge in [-0.2, -0.15) is 0 Å². The van der Waals surface area contributed by atoms with Crippen molar-refractivity contribution in [3.8, 4) is 0 Å². The molecule has 27 heavy (non-hydrogen) atoms. The van der Waals surface area contributed by atoms with Crippen LogP contribution in [0.2, 0.25) is 0 Å². The number of hydrogen-bond acceptors (Lipinski definition) is 5. The summed E-state index contributed by atoms with van der Waals surface area (Å²) in [5.41, 5.74) is 0. The number of nitrogens with one attached hydrogen (secondary N) is 1. The molecule has 1 heterocycles. The zero-order valence-corrected chi connectivity index (χ0v) is 17.6. The summed E-state index contributed by atoms with van der Waals surface area (Å²) in [6, 6.07) is 1.68. The Bertz CT molecular complexity index is 569. The van der Waals surface area contributed by atoms with Gasteiger partial charge in [-0.3, -0.25) is 9.59 Å². The minimum atomic E-state index is -0.247. The number of carbonyl (C=O) groups excluding carboxylic acids is 2. The van der Waals surface area contributed by atoms with Crippen LogP contribution in [0.15, 0.2) is 10.6 Å². The summed E-state index contributed by atoms with van der Waals surface area (Å²) in [5, 5.41) is 6.48. The number of amides is 2. The number of carbonyl (C=O) groups is 2. The van der Waals surface area contributed by atoms with E-state index in [2.05, 4.69) is 36.1 Å². The van der Waals surface area contributed by atoms with Gasteiger partial charge in [-0.05, 0) is 52.7 Å². The second-order valence-electron chi connectivity index (χ2n) is 7.01. The van der Waals surface area contributed by atoms with Crippen LogP contribution in [-0.2, 0) is 9.59 Å². The molecule has 154 valence electrons. The molecule has 0 saturated heterocycles. The van der Waals surface area contributed by atoms with Crippen LogP contribution in [-0.4, -0.2) is 59.0 Å². The normalized spacial score (nSPS) is 12.2. The van der Waals surface area contributed by atoms with E-state index in [0.717, 1.165) is 45.3 Å². The third-order valence-electron chi connectivity index (χ3n) is 4.80. The topological polar surface area (TPSA) is 78.7 Å². The molecule has 1 unspecified atom stereocenters. The van der Waals surface area contributed by atoms with Crippen molar-refractivity contribution in [2.24, 2.45) is 0 Å². The number of rotatable bonds is 13. The lowest BCUT2D eigenvalue weighted by molar-refractivity contribution is -0.137. The second kappa shape index (κ2) is 12.5. The van der Waals surface area contributed by atoms with E-state index in [1.807, 2.05) is 6.92 Å². The highest BCUT2D eigenvalue weighted by Gasteiger charge is 2.23. The van der Waals surface area contributed by atoms with Gasteiger partial charge in [0.15, 0.2) is 5.82 Å². The SMILES string of the molecule is CCCCC(=O)N(CC(=O)Nc1cc(C)on1)C(C)CCCN(CC)CC. The van der Waals surface area contributed by atoms with Crippen LogP contribution in [0.4, 0.5) is 5.82 Å². The van der Waals surface area contributed by atoms with Crippen molar-refractivity contribution in [3.63, 3.8) is 0 Å². The summed E-state index contributed by atoms with van der Waals surface area (Å²) < 4.78 is 4.97. The monoisotopic (exact) mass is 380 g/mol. The zero-order valence-electron chi connectivity index (χ0n) is 17.6. The molecule has 1 N–H and O–H groups in total. The van der Waals surface area contributed by atoms with Crippen molar-refractivity contribution in [2.75, 3.05) is 31.5 Å². The van der Waals surface area contributed by atoms with Gasteiger partial charge in [0.2, 0.25) is 11.8 Å². The van der Waals surface area contributed by atoms with E-state index in [4.69, 9.17) is 4.52 Å². The minimum absolute atomic E-state index is 0.0229. The lowest BCUT2D eigenvalue weighted by Gasteiger charge is -2.29. The summed E-state index contributed by atoms with van der Waals surface area (Å²) >= 11 is 0. The Kier molecular flexibility index (Phi) is 10.7. The molecule has 7 nitrogen and oxygen atoms in total. The lowest BCUT2D eigenvalue weighted by atomic mass is 10.1. The lowest BCUT2D eigenvalue weighted by Crippen LogP contribution is -2.44. The van der Waals surface area contributed by atoms with E-state index in [0.29, 0.717) is 18.0 Å². The highest BCUT2D eigenvalue weighted by atomic mass is 16.5. The van der Waals surface area contributed by atoms with Crippen LogP contribution in [0.5, 0.6) is 0 Å². The van der Waals surface area contributed by atoms with Crippen LogP contribution in [0.1, 0.15) is 65.6 Å². The molecule has 0 aromatic carbocycles. The zero-order chi connectivity index (χ0) is 20.2. The minimum Gasteiger partial charge on any atom is -0.360 e. The first-order valence-corrected chi connectivity index (χ1v) is 10.2. The third-order valence-corrected chi connectivity index (χ3v) is 4.80. The Balaban J connectivity index is 2.64. The number of aromatic nitrogens is 1. The Morgan fingerprint density at radius 2 is 1.93 bits per heavy atom. The van der Waals surface area contributed by atoms with Crippen molar-refractivity contribution in [3.05, 3.63) is 11.8 Å². The van der Waals surface area contributed by atoms with Crippen LogP contribution >= 0.6 is 0 Å². The molecule has 1 aromatic rings. The summed E-state index contributed by atoms with van der Waals surface area (Å²) in [5.74, 6) is 0.806. The number of anilines is 1. The van der Waals surface area contributed by atoms with Crippen LogP contribution in [0.25, 0.3) is 0 Å². The van der Waals surface area contributed by atoms with Crippen molar-refractivity contribution >= 4 is 17.6 Å². The molecular weight excluding hydrogens is 344 g/mol. The molecule has 0 saturated carbocycles. The first-order chi connectivity index (χ1) is 12.9. The average molecular weight is 381 g/mol. The average Bonchev–Trinajstić information content (AvgIpc) is 3.05. The molecule has 1 rings (SSSR count). The van der Waals surface area contributed by atoms with Gasteiger partial charge in [-0.1, -0.05) is 32.3 Å². The molecule has 0 spiro atoms. The van der Waals surface area contributed by atoms with Crippen molar-refractivity contribution < 1.29 is 14.1 Å². The fraction of sp³-hybridized carbons (Fsp3) is 0.750. The molecule has 0 aliphatic rings. The first-order valence-electron chi connectivity index (χ1n) is 10.2. The van der Waals surface area contributed by atoms with Gasteiger partial charge in [-0.25, -0.2) is 0 Å². The Hall–Kier alpha value is -1.89. The van der Waals surface area contributed by atoms with Gasteiger partial charge in [-0.15, -0.1) is 0 Å². The van der Waals surface area contributed by atoms with E-state index in [9.17, 15) is 9.59 Å². The fourth-order valence-corrected chi connectivity index (χ4v) is 3.03. The van der Waals surface area contributed by atoms with Gasteiger partial charge >= 0.3 is 0 Å². The van der Waals surface area contributed by atoms with Gasteiger partial charge in [0.05, 0.1) is 0 Å². The summed E-state index contributed by atoms with van der Waals surface area (Å²) in [7, 11) is 0. The van der Waals surface area contributed by atoms with Crippen molar-refractivity contribution in [2.45, 2.75) is 72.8 Å². The maximum absolute atomic E-state index is 12.6. The first kappa shape index (κ1) is 23.1. The predicted molar refractivity (Wildman–Crippen MR) is 108 cm³/mol. The second-order valence-corrected chi connectivity index (χ2v) is 7.01. The van der Waals surface area contributed by atoms with E-state index >= 15 is 0 Å². The molecule has 1 atom stereocenters. The largest absolute Gasteiger partial charge is 0.360 e. The summed E-state index contributed by atoms with van der Waals surface area (Å²) in [4.78, 5) is 29.1. The van der Waals surface area contributed by atoms with E-state index in [1.54, 1.807) is 17.9 Å². The van der Waals surface area contributed by atoms with E-state index in [-0.39, 0.29) is 24.4 Å². The Morgan fingerprint density at radius 3 is 2.48 bits per heavy atom. The van der Waals surface area contributed by atoms with E-state index < -0.39 is 0 Å². The van der Waals surface area contributed by atoms with Gasteiger partial charge < -0.3 is 19.6 Å². The molecule has 2 amide bonds. The molecule has 0 bridgehead atoms. The molecule has 7 heteroatoms. The Morgan fingerprint density at radius 1 is 1.22 bits per heavy atom. The smallest absolute Gasteiger partial charge is 0.245 e. The summed E-state index contributed by atoms with van der Waals surface area (Å²) in [6.45, 7) is 13.3. The quantitative estimate of drug-likeness (QED) is 0.567. The number of unbranched alkanes of at least 4 members (excludes halogenated alkanes) is 1. The maximum Gasteiger partial charge on any atom is 0.245 e. The fourth-order valence-electron chi connectivity index (χ4n) is 3.03. The third kappa shape index (κ3) is 8.56. The van der Waals surface area contributed by atoms with Crippen LogP contribution in [0.3, 0.4) is 0 Å². The van der Waals surface area contributed by atoms with Crippen molar-refractivity contribution in [1.82, 2.24) is 15.0 Å². The van der Waals surface area contributed by atoms with Crippen molar-refractivity contribution in [1.29, 1.82) is 0 Å². The maximum atomic E-state index is 12.6. The standard InChI is InChI=1S/C20H36N4O3/c1-6-9-12-20(26)24(16(4)11-10-13-23(7-2)8-3)15-19(25)21-18-14-17(5)27-22-18/h14,16H,6-13,15H2,1-5H3,(H,21,22,25). The molecule has 0 radical (unpaired) electrons. The highest BCUT2D eigenvalue weighted by molar-refractivity contribution is 5.93. The molecule has 0 aliphatic heterocycles.